The van der Waals surface area contributed by atoms with Crippen molar-refractivity contribution in [1.82, 2.24) is 8.87 Å². The minimum Gasteiger partial charge on any atom is -0.446 e. The van der Waals surface area contributed by atoms with E-state index in [0.29, 0.717) is 16.5 Å². The summed E-state index contributed by atoms with van der Waals surface area (Å²) in [5.74, 6) is -0.542. The Hall–Kier alpha value is -4.17. The van der Waals surface area contributed by atoms with Gasteiger partial charge in [-0.05, 0) is 36.8 Å². The van der Waals surface area contributed by atoms with Crippen LogP contribution in [0.2, 0.25) is 0 Å². The summed E-state index contributed by atoms with van der Waals surface area (Å²) in [6.07, 6.45) is 3.57. The lowest BCUT2D eigenvalue weighted by atomic mass is 10.1. The lowest BCUT2D eigenvalue weighted by molar-refractivity contribution is -0.124. The summed E-state index contributed by atoms with van der Waals surface area (Å²) in [4.78, 5) is 26.6. The molecule has 0 radical (unpaired) electrons. The average molecular weight is 487 g/mol. The minimum absolute atomic E-state index is 0.0799. The molecular formula is C27H22N2O5S. The van der Waals surface area contributed by atoms with Crippen LogP contribution in [-0.4, -0.2) is 35.9 Å². The van der Waals surface area contributed by atoms with Crippen molar-refractivity contribution in [3.05, 3.63) is 108 Å². The fourth-order valence-electron chi connectivity index (χ4n) is 4.16. The van der Waals surface area contributed by atoms with Gasteiger partial charge in [0.2, 0.25) is 0 Å². The smallest absolute Gasteiger partial charge is 0.417 e. The molecule has 1 fully saturated rings. The normalized spacial score (nSPS) is 16.2. The number of ether oxygens (including phenoxy) is 1. The van der Waals surface area contributed by atoms with Crippen LogP contribution >= 0.6 is 0 Å². The highest BCUT2D eigenvalue weighted by Gasteiger charge is 2.37. The van der Waals surface area contributed by atoms with E-state index < -0.39 is 28.1 Å². The van der Waals surface area contributed by atoms with Gasteiger partial charge in [-0.1, -0.05) is 66.2 Å². The molecule has 1 saturated heterocycles. The summed E-state index contributed by atoms with van der Waals surface area (Å²) in [6, 6.07) is 22.4. The molecule has 0 saturated carbocycles. The Morgan fingerprint density at radius 2 is 1.66 bits per heavy atom. The summed E-state index contributed by atoms with van der Waals surface area (Å²) >= 11 is 0. The maximum atomic E-state index is 13.4. The van der Waals surface area contributed by atoms with Crippen LogP contribution < -0.4 is 0 Å². The third-order valence-corrected chi connectivity index (χ3v) is 7.67. The van der Waals surface area contributed by atoms with Gasteiger partial charge in [0.15, 0.2) is 0 Å². The third kappa shape index (κ3) is 4.13. The topological polar surface area (TPSA) is 85.7 Å². The van der Waals surface area contributed by atoms with Gasteiger partial charge in [-0.2, -0.15) is 0 Å². The van der Waals surface area contributed by atoms with Gasteiger partial charge >= 0.3 is 6.09 Å². The molecule has 1 unspecified atom stereocenters. The third-order valence-electron chi connectivity index (χ3n) is 5.99. The largest absolute Gasteiger partial charge is 0.446 e. The molecule has 1 atom stereocenters. The zero-order valence-corrected chi connectivity index (χ0v) is 19.7. The number of aryl methyl sites for hydroxylation is 1. The predicted octanol–water partition coefficient (Wildman–Crippen LogP) is 4.92. The quantitative estimate of drug-likeness (QED) is 0.374. The first-order valence-electron chi connectivity index (χ1n) is 11.0. The number of nitrogens with zero attached hydrogens (tertiary/aromatic N) is 2. The molecule has 0 spiro atoms. The van der Waals surface area contributed by atoms with Gasteiger partial charge in [0.05, 0.1) is 10.4 Å². The van der Waals surface area contributed by atoms with Crippen molar-refractivity contribution in [3.8, 4) is 0 Å². The predicted molar refractivity (Wildman–Crippen MR) is 132 cm³/mol. The summed E-state index contributed by atoms with van der Waals surface area (Å²) < 4.78 is 33.1. The van der Waals surface area contributed by atoms with Crippen molar-refractivity contribution in [2.45, 2.75) is 17.9 Å². The number of carbonyl (C=O) groups excluding carboxylic acids is 2. The maximum absolute atomic E-state index is 13.4. The molecule has 0 bridgehead atoms. The van der Waals surface area contributed by atoms with Crippen molar-refractivity contribution < 1.29 is 22.7 Å². The van der Waals surface area contributed by atoms with Crippen LogP contribution in [0.4, 0.5) is 4.79 Å². The Bertz CT molecular complexity index is 1550. The maximum Gasteiger partial charge on any atom is 0.417 e. The number of fused-ring (bicyclic) bond motifs is 1. The van der Waals surface area contributed by atoms with Gasteiger partial charge < -0.3 is 4.74 Å². The fraction of sp³-hybridized carbons (Fsp3) is 0.111. The van der Waals surface area contributed by atoms with Crippen molar-refractivity contribution in [3.63, 3.8) is 0 Å². The van der Waals surface area contributed by atoms with Crippen LogP contribution in [0.1, 0.15) is 22.7 Å². The number of imide groups is 1. The van der Waals surface area contributed by atoms with Crippen LogP contribution in [-0.2, 0) is 19.6 Å². The Labute approximate surface area is 202 Å². The van der Waals surface area contributed by atoms with E-state index in [-0.39, 0.29) is 11.5 Å². The van der Waals surface area contributed by atoms with E-state index in [1.54, 1.807) is 48.5 Å². The van der Waals surface area contributed by atoms with Gasteiger partial charge in [0.1, 0.15) is 12.6 Å². The van der Waals surface area contributed by atoms with E-state index in [9.17, 15) is 18.0 Å². The molecule has 35 heavy (non-hydrogen) atoms. The van der Waals surface area contributed by atoms with Crippen LogP contribution in [0.15, 0.2) is 96.0 Å². The Morgan fingerprint density at radius 1 is 0.971 bits per heavy atom. The van der Waals surface area contributed by atoms with Gasteiger partial charge in [0, 0.05) is 23.2 Å². The molecule has 5 rings (SSSR count). The second kappa shape index (κ2) is 8.88. The number of rotatable bonds is 5. The number of carbonyl (C=O) groups is 2. The summed E-state index contributed by atoms with van der Waals surface area (Å²) in [6.45, 7) is 1.97. The zero-order valence-electron chi connectivity index (χ0n) is 18.9. The van der Waals surface area contributed by atoms with Crippen molar-refractivity contribution in [1.29, 1.82) is 0 Å². The molecule has 2 heterocycles. The van der Waals surface area contributed by atoms with E-state index in [2.05, 4.69) is 0 Å². The molecule has 3 aromatic carbocycles. The van der Waals surface area contributed by atoms with E-state index in [4.69, 9.17) is 4.74 Å². The highest BCUT2D eigenvalue weighted by atomic mass is 32.2. The molecule has 0 N–H and O–H groups in total. The first-order chi connectivity index (χ1) is 16.9. The number of para-hydroxylation sites is 1. The van der Waals surface area contributed by atoms with Gasteiger partial charge in [-0.25, -0.2) is 22.1 Å². The number of hydrogen-bond acceptors (Lipinski definition) is 5. The number of aromatic nitrogens is 1. The highest BCUT2D eigenvalue weighted by Crippen LogP contribution is 2.30. The SMILES string of the molecule is Cc1ccc(S(=O)(=O)n2cc(/C=C/C(=O)N3C(=O)OCC3c3ccccc3)c3ccccc32)cc1. The minimum atomic E-state index is -3.86. The first-order valence-corrected chi connectivity index (χ1v) is 12.5. The fourth-order valence-corrected chi connectivity index (χ4v) is 5.54. The standard InChI is InChI=1S/C27H22N2O5S/c1-19-11-14-22(15-12-19)35(32,33)28-17-21(23-9-5-6-10-24(23)28)13-16-26(30)29-25(18-34-27(29)31)20-7-3-2-4-8-20/h2-17,25H,18H2,1H3/b16-13+. The molecule has 176 valence electrons. The van der Waals surface area contributed by atoms with Crippen molar-refractivity contribution in [2.75, 3.05) is 6.61 Å². The van der Waals surface area contributed by atoms with E-state index in [1.807, 2.05) is 37.3 Å². The van der Waals surface area contributed by atoms with E-state index in [1.165, 1.54) is 22.3 Å². The second-order valence-electron chi connectivity index (χ2n) is 8.26. The molecule has 0 aliphatic carbocycles. The number of hydrogen-bond donors (Lipinski definition) is 0. The van der Waals surface area contributed by atoms with E-state index >= 15 is 0 Å². The number of benzene rings is 3. The molecule has 1 aromatic heterocycles. The van der Waals surface area contributed by atoms with Gasteiger partial charge in [-0.15, -0.1) is 0 Å². The molecule has 2 amide bonds. The molecular weight excluding hydrogens is 464 g/mol. The summed E-state index contributed by atoms with van der Waals surface area (Å²) in [5.41, 5.74) is 2.77. The average Bonchev–Trinajstić information content (AvgIpc) is 3.44. The van der Waals surface area contributed by atoms with Crippen LogP contribution in [0, 0.1) is 6.92 Å². The number of cyclic esters (lactones) is 1. The van der Waals surface area contributed by atoms with Gasteiger partial charge in [0.25, 0.3) is 15.9 Å². The highest BCUT2D eigenvalue weighted by molar-refractivity contribution is 7.90. The Kier molecular flexibility index (Phi) is 5.74. The van der Waals surface area contributed by atoms with Crippen molar-refractivity contribution >= 4 is 39.0 Å². The van der Waals surface area contributed by atoms with Crippen LogP contribution in [0.25, 0.3) is 17.0 Å². The molecule has 1 aliphatic rings. The van der Waals surface area contributed by atoms with Crippen molar-refractivity contribution in [2.24, 2.45) is 0 Å². The van der Waals surface area contributed by atoms with Gasteiger partial charge in [-0.3, -0.25) is 4.79 Å². The van der Waals surface area contributed by atoms with Crippen LogP contribution in [0.3, 0.4) is 0 Å². The summed E-state index contributed by atoms with van der Waals surface area (Å²) in [5, 5.41) is 0.663. The second-order valence-corrected chi connectivity index (χ2v) is 10.1. The Morgan fingerprint density at radius 3 is 2.40 bits per heavy atom. The molecule has 1 aliphatic heterocycles. The van der Waals surface area contributed by atoms with Crippen LogP contribution in [0.5, 0.6) is 0 Å². The lowest BCUT2D eigenvalue weighted by Gasteiger charge is -2.18. The first kappa shape index (κ1) is 22.6. The lowest BCUT2D eigenvalue weighted by Crippen LogP contribution is -2.32. The Balaban J connectivity index is 1.50. The van der Waals surface area contributed by atoms with E-state index in [0.717, 1.165) is 16.0 Å². The number of amides is 2. The molecule has 4 aromatic rings. The zero-order chi connectivity index (χ0) is 24.6. The molecule has 8 heteroatoms. The summed E-state index contributed by atoms with van der Waals surface area (Å²) in [7, 11) is -3.86. The monoisotopic (exact) mass is 486 g/mol. The molecule has 7 nitrogen and oxygen atoms in total.